The van der Waals surface area contributed by atoms with Crippen LogP contribution in [0.1, 0.15) is 46.5 Å². The van der Waals surface area contributed by atoms with Crippen molar-refractivity contribution in [2.75, 3.05) is 6.61 Å². The Morgan fingerprint density at radius 1 is 1.00 bits per heavy atom. The van der Waals surface area contributed by atoms with Crippen LogP contribution in [0.3, 0.4) is 0 Å². The van der Waals surface area contributed by atoms with E-state index in [-0.39, 0.29) is 11.9 Å². The summed E-state index contributed by atoms with van der Waals surface area (Å²) in [6.07, 6.45) is 4.49. The third kappa shape index (κ3) is 1.54. The molecule has 5 fully saturated rings. The number of hydrogen-bond acceptors (Lipinski definition) is 3. The zero-order valence-corrected chi connectivity index (χ0v) is 12.1. The number of ether oxygens (including phenoxy) is 2. The Bertz CT molecular complexity index is 386. The molecular weight excluding hydrogens is 244 g/mol. The predicted molar refractivity (Wildman–Crippen MR) is 69.0 cm³/mol. The first kappa shape index (κ1) is 12.6. The molecule has 19 heavy (non-hydrogen) atoms. The number of aliphatic hydroxyl groups is 2. The Labute approximate surface area is 114 Å². The van der Waals surface area contributed by atoms with E-state index in [2.05, 4.69) is 13.8 Å². The third-order valence-electron chi connectivity index (χ3n) is 6.04. The minimum Gasteiger partial charge on any atom is -0.380 e. The molecule has 7 atom stereocenters. The molecule has 4 saturated heterocycles. The molecule has 4 heteroatoms. The molecule has 1 aliphatic carbocycles. The van der Waals surface area contributed by atoms with Crippen molar-refractivity contribution in [2.45, 2.75) is 64.1 Å². The van der Waals surface area contributed by atoms with Crippen LogP contribution in [0.25, 0.3) is 0 Å². The molecule has 0 radical (unpaired) electrons. The topological polar surface area (TPSA) is 40.5 Å². The molecule has 1 N–H and O–H groups in total. The van der Waals surface area contributed by atoms with Crippen LogP contribution in [0, 0.1) is 23.7 Å². The lowest BCUT2D eigenvalue weighted by Crippen LogP contribution is -2.70. The molecule has 1 saturated carbocycles. The van der Waals surface area contributed by atoms with Gasteiger partial charge in [0, 0.05) is 18.8 Å². The third-order valence-corrected chi connectivity index (χ3v) is 6.04. The smallest absolute Gasteiger partial charge is 0.302 e. The molecule has 4 nitrogen and oxygen atoms in total. The van der Waals surface area contributed by atoms with Gasteiger partial charge in [-0.3, -0.25) is 0 Å². The highest BCUT2D eigenvalue weighted by Gasteiger charge is 2.71. The lowest BCUT2D eigenvalue weighted by molar-refractivity contribution is -0.606. The molecular formula is C15H25O4+. The summed E-state index contributed by atoms with van der Waals surface area (Å²) in [6, 6.07) is 0. The normalized spacial score (nSPS) is 60.5. The van der Waals surface area contributed by atoms with Crippen molar-refractivity contribution in [3.05, 3.63) is 0 Å². The fourth-order valence-electron chi connectivity index (χ4n) is 4.95. The van der Waals surface area contributed by atoms with Gasteiger partial charge in [-0.1, -0.05) is 13.8 Å². The fraction of sp³-hybridized carbons (Fsp3) is 1.00. The fourth-order valence-corrected chi connectivity index (χ4v) is 4.95. The summed E-state index contributed by atoms with van der Waals surface area (Å²) in [4.78, 5) is 11.8. The maximum Gasteiger partial charge on any atom is 0.302 e. The van der Waals surface area contributed by atoms with Crippen LogP contribution in [0.15, 0.2) is 0 Å². The van der Waals surface area contributed by atoms with Gasteiger partial charge in [-0.2, -0.15) is 4.89 Å². The van der Waals surface area contributed by atoms with Crippen molar-refractivity contribution >= 4 is 0 Å². The maximum absolute atomic E-state index is 6.09. The van der Waals surface area contributed by atoms with Crippen molar-refractivity contribution in [1.29, 1.82) is 0 Å². The molecule has 4 heterocycles. The standard InChI is InChI=1S/C15H24O4/c1-9-4-5-11-10(2)8-16-13-15(11)12(9)6-7-14(3,17-13)18-19-15/h9-13H,4-8H2,1-3H3/p+1/t9-,10+,11+,12+,13?,14-,15+/m1/s1. The lowest BCUT2D eigenvalue weighted by atomic mass is 9.58. The Hall–Kier alpha value is -0.160. The monoisotopic (exact) mass is 269 g/mol. The van der Waals surface area contributed by atoms with Crippen molar-refractivity contribution < 1.29 is 19.2 Å². The van der Waals surface area contributed by atoms with E-state index in [0.29, 0.717) is 23.7 Å². The van der Waals surface area contributed by atoms with Crippen LogP contribution in [0.4, 0.5) is 0 Å². The molecule has 5 rings (SSSR count). The number of rotatable bonds is 0. The van der Waals surface area contributed by atoms with Gasteiger partial charge in [0.25, 0.3) is 0 Å². The highest BCUT2D eigenvalue weighted by molar-refractivity contribution is 5.07. The highest BCUT2D eigenvalue weighted by Crippen LogP contribution is 2.58. The van der Waals surface area contributed by atoms with Crippen molar-refractivity contribution in [2.24, 2.45) is 23.7 Å². The average Bonchev–Trinajstić information content (AvgIpc) is 2.61. The molecule has 1 unspecified atom stereocenters. The van der Waals surface area contributed by atoms with E-state index in [1.165, 1.54) is 12.8 Å². The molecule has 5 aliphatic rings. The summed E-state index contributed by atoms with van der Waals surface area (Å²) < 4.78 is 10.9. The predicted octanol–water partition coefficient (Wildman–Crippen LogP) is 2.38. The van der Waals surface area contributed by atoms with Gasteiger partial charge < -0.3 is 9.47 Å². The SMILES string of the molecule is C[C@@H]1CC[C@H]2[C@@H](C)COC3[OH+][C@@]4(C)CC[C@@H]1[C@]32OO4. The van der Waals surface area contributed by atoms with Gasteiger partial charge >= 0.3 is 12.1 Å². The first-order valence-electron chi connectivity index (χ1n) is 7.76. The summed E-state index contributed by atoms with van der Waals surface area (Å²) in [5.74, 6) is 1.75. The second-order valence-corrected chi connectivity index (χ2v) is 7.29. The highest BCUT2D eigenvalue weighted by atomic mass is 17.3. The van der Waals surface area contributed by atoms with Crippen LogP contribution in [0.5, 0.6) is 0 Å². The first-order chi connectivity index (χ1) is 9.05. The van der Waals surface area contributed by atoms with Gasteiger partial charge in [0.15, 0.2) is 0 Å². The molecule has 1 spiro atoms. The van der Waals surface area contributed by atoms with Crippen molar-refractivity contribution in [1.82, 2.24) is 0 Å². The van der Waals surface area contributed by atoms with Crippen molar-refractivity contribution in [3.63, 3.8) is 0 Å². The van der Waals surface area contributed by atoms with Crippen molar-refractivity contribution in [3.8, 4) is 0 Å². The number of fused-ring (bicyclic) bond motifs is 2. The average molecular weight is 269 g/mol. The van der Waals surface area contributed by atoms with Crippen LogP contribution < -0.4 is 0 Å². The van der Waals surface area contributed by atoms with E-state index < -0.39 is 5.79 Å². The maximum atomic E-state index is 6.09. The minimum atomic E-state index is -0.502. The second kappa shape index (κ2) is 3.94. The first-order valence-corrected chi connectivity index (χ1v) is 7.76. The summed E-state index contributed by atoms with van der Waals surface area (Å²) in [5, 5.41) is 0. The molecule has 4 aliphatic heterocycles. The number of hydrogen-bond donors (Lipinski definition) is 0. The summed E-state index contributed by atoms with van der Waals surface area (Å²) in [6.45, 7) is 7.47. The zero-order valence-electron chi connectivity index (χ0n) is 12.1. The largest absolute Gasteiger partial charge is 0.380 e. The molecule has 2 bridgehead atoms. The van der Waals surface area contributed by atoms with Crippen LogP contribution >= 0.6 is 0 Å². The summed E-state index contributed by atoms with van der Waals surface area (Å²) in [5.41, 5.74) is -0.314. The van der Waals surface area contributed by atoms with Gasteiger partial charge in [0.2, 0.25) is 5.60 Å². The van der Waals surface area contributed by atoms with Crippen LogP contribution in [-0.2, 0) is 14.5 Å². The quantitative estimate of drug-likeness (QED) is 0.501. The van der Waals surface area contributed by atoms with Gasteiger partial charge in [0.1, 0.15) is 0 Å². The van der Waals surface area contributed by atoms with E-state index in [0.717, 1.165) is 19.4 Å². The Balaban J connectivity index is 1.81. The van der Waals surface area contributed by atoms with Crippen LogP contribution in [0.2, 0.25) is 0 Å². The van der Waals surface area contributed by atoms with Gasteiger partial charge in [-0.05, 0) is 31.1 Å². The molecule has 0 aromatic carbocycles. The molecule has 0 aromatic rings. The van der Waals surface area contributed by atoms with E-state index in [9.17, 15) is 0 Å². The van der Waals surface area contributed by atoms with E-state index >= 15 is 0 Å². The van der Waals surface area contributed by atoms with Gasteiger partial charge in [-0.15, -0.1) is 0 Å². The Kier molecular flexibility index (Phi) is 2.61. The summed E-state index contributed by atoms with van der Waals surface area (Å²) >= 11 is 0. The van der Waals surface area contributed by atoms with E-state index in [1.54, 1.807) is 0 Å². The lowest BCUT2D eigenvalue weighted by Gasteiger charge is -2.56. The van der Waals surface area contributed by atoms with E-state index in [4.69, 9.17) is 19.2 Å². The molecule has 0 amide bonds. The van der Waals surface area contributed by atoms with E-state index in [1.807, 2.05) is 6.92 Å². The minimum absolute atomic E-state index is 0.123. The Morgan fingerprint density at radius 3 is 2.63 bits per heavy atom. The molecule has 0 aromatic heterocycles. The van der Waals surface area contributed by atoms with Crippen LogP contribution in [-0.4, -0.2) is 29.0 Å². The second-order valence-electron chi connectivity index (χ2n) is 7.29. The Morgan fingerprint density at radius 2 is 1.79 bits per heavy atom. The van der Waals surface area contributed by atoms with Gasteiger partial charge in [-0.25, -0.2) is 4.89 Å². The molecule has 108 valence electrons. The zero-order chi connectivity index (χ0) is 13.3. The summed E-state index contributed by atoms with van der Waals surface area (Å²) in [7, 11) is 0. The van der Waals surface area contributed by atoms with Gasteiger partial charge in [0.05, 0.1) is 13.0 Å².